The molecule has 0 amide bonds. The summed E-state index contributed by atoms with van der Waals surface area (Å²) >= 11 is 0. The van der Waals surface area contributed by atoms with Gasteiger partial charge in [0, 0.05) is 19.2 Å². The molecular formula is C13H10FN3O. The zero-order chi connectivity index (χ0) is 13.0. The molecule has 2 aromatic rings. The van der Waals surface area contributed by atoms with E-state index in [1.165, 1.54) is 24.4 Å². The van der Waals surface area contributed by atoms with Gasteiger partial charge >= 0.3 is 0 Å². The highest BCUT2D eigenvalue weighted by Crippen LogP contribution is 2.24. The Morgan fingerprint density at radius 3 is 2.78 bits per heavy atom. The molecule has 0 saturated heterocycles. The van der Waals surface area contributed by atoms with E-state index in [2.05, 4.69) is 10.3 Å². The van der Waals surface area contributed by atoms with Crippen LogP contribution in [0, 0.1) is 17.1 Å². The quantitative estimate of drug-likeness (QED) is 0.900. The largest absolute Gasteiger partial charge is 0.456 e. The molecule has 2 rings (SSSR count). The zero-order valence-corrected chi connectivity index (χ0v) is 9.64. The van der Waals surface area contributed by atoms with E-state index in [4.69, 9.17) is 10.00 Å². The van der Waals surface area contributed by atoms with Gasteiger partial charge < -0.3 is 10.1 Å². The van der Waals surface area contributed by atoms with Gasteiger partial charge in [0.05, 0.1) is 23.6 Å². The molecule has 0 radical (unpaired) electrons. The van der Waals surface area contributed by atoms with Gasteiger partial charge in [-0.2, -0.15) is 5.26 Å². The van der Waals surface area contributed by atoms with Crippen LogP contribution >= 0.6 is 0 Å². The number of pyridine rings is 1. The maximum atomic E-state index is 13.4. The number of nitrogens with zero attached hydrogens (tertiary/aromatic N) is 2. The number of anilines is 1. The third kappa shape index (κ3) is 2.55. The average Bonchev–Trinajstić information content (AvgIpc) is 2.39. The van der Waals surface area contributed by atoms with Crippen molar-refractivity contribution < 1.29 is 9.13 Å². The number of nitrogens with one attached hydrogen (secondary N) is 1. The summed E-state index contributed by atoms with van der Waals surface area (Å²) in [7, 11) is 1.77. The molecule has 0 aliphatic heterocycles. The molecule has 0 unspecified atom stereocenters. The fourth-order valence-corrected chi connectivity index (χ4v) is 1.40. The Morgan fingerprint density at radius 1 is 1.28 bits per heavy atom. The highest BCUT2D eigenvalue weighted by Gasteiger charge is 2.05. The molecule has 4 nitrogen and oxygen atoms in total. The van der Waals surface area contributed by atoms with E-state index >= 15 is 0 Å². The van der Waals surface area contributed by atoms with Crippen LogP contribution in [0.15, 0.2) is 36.7 Å². The molecule has 1 aromatic carbocycles. The summed E-state index contributed by atoms with van der Waals surface area (Å²) in [5, 5.41) is 11.5. The normalized spacial score (nSPS) is 9.61. The van der Waals surface area contributed by atoms with Gasteiger partial charge in [-0.05, 0) is 12.1 Å². The Kier molecular flexibility index (Phi) is 3.39. The van der Waals surface area contributed by atoms with Crippen LogP contribution in [0.2, 0.25) is 0 Å². The van der Waals surface area contributed by atoms with Crippen molar-refractivity contribution >= 4 is 5.69 Å². The molecule has 0 bridgehead atoms. The van der Waals surface area contributed by atoms with Crippen molar-refractivity contribution in [3.05, 3.63) is 48.0 Å². The molecule has 5 heteroatoms. The van der Waals surface area contributed by atoms with E-state index < -0.39 is 5.82 Å². The summed E-state index contributed by atoms with van der Waals surface area (Å²) in [6.45, 7) is 0. The number of ether oxygens (including phenoxy) is 1. The first-order valence-electron chi connectivity index (χ1n) is 5.23. The lowest BCUT2D eigenvalue weighted by atomic mass is 10.2. The first-order valence-corrected chi connectivity index (χ1v) is 5.23. The van der Waals surface area contributed by atoms with Crippen molar-refractivity contribution in [2.45, 2.75) is 0 Å². The van der Waals surface area contributed by atoms with Crippen molar-refractivity contribution in [1.82, 2.24) is 4.98 Å². The number of halogens is 1. The molecule has 0 atom stereocenters. The van der Waals surface area contributed by atoms with Crippen molar-refractivity contribution in [2.24, 2.45) is 0 Å². The number of benzene rings is 1. The van der Waals surface area contributed by atoms with Crippen LogP contribution in [-0.2, 0) is 0 Å². The van der Waals surface area contributed by atoms with Crippen LogP contribution in [0.5, 0.6) is 11.5 Å². The molecule has 18 heavy (non-hydrogen) atoms. The van der Waals surface area contributed by atoms with E-state index in [9.17, 15) is 4.39 Å². The van der Waals surface area contributed by atoms with Crippen LogP contribution in [0.25, 0.3) is 0 Å². The highest BCUT2D eigenvalue weighted by atomic mass is 19.1. The lowest BCUT2D eigenvalue weighted by Crippen LogP contribution is -1.92. The summed E-state index contributed by atoms with van der Waals surface area (Å²) in [6.07, 6.45) is 3.17. The van der Waals surface area contributed by atoms with E-state index in [0.717, 1.165) is 5.69 Å². The lowest BCUT2D eigenvalue weighted by Gasteiger charge is -2.07. The smallest absolute Gasteiger partial charge is 0.147 e. The van der Waals surface area contributed by atoms with Gasteiger partial charge in [0.15, 0.2) is 0 Å². The third-order valence-corrected chi connectivity index (χ3v) is 2.30. The van der Waals surface area contributed by atoms with Gasteiger partial charge in [-0.3, -0.25) is 4.98 Å². The predicted molar refractivity (Wildman–Crippen MR) is 65.0 cm³/mol. The summed E-state index contributed by atoms with van der Waals surface area (Å²) in [5.41, 5.74) is 0.783. The van der Waals surface area contributed by atoms with Gasteiger partial charge in [0.1, 0.15) is 23.4 Å². The third-order valence-electron chi connectivity index (χ3n) is 2.30. The maximum Gasteiger partial charge on any atom is 0.147 e. The molecule has 0 aliphatic carbocycles. The Labute approximate surface area is 104 Å². The first kappa shape index (κ1) is 11.9. The Hall–Kier alpha value is -2.61. The lowest BCUT2D eigenvalue weighted by molar-refractivity contribution is 0.474. The van der Waals surface area contributed by atoms with Crippen molar-refractivity contribution in [1.29, 1.82) is 5.26 Å². The molecule has 1 aromatic heterocycles. The molecule has 0 fully saturated rings. The number of hydrogen-bond donors (Lipinski definition) is 1. The van der Waals surface area contributed by atoms with Crippen LogP contribution < -0.4 is 10.1 Å². The second-order valence-electron chi connectivity index (χ2n) is 3.51. The number of hydrogen-bond acceptors (Lipinski definition) is 4. The van der Waals surface area contributed by atoms with Crippen molar-refractivity contribution in [2.75, 3.05) is 12.4 Å². The van der Waals surface area contributed by atoms with Crippen molar-refractivity contribution in [3.63, 3.8) is 0 Å². The minimum atomic E-state index is -0.604. The summed E-state index contributed by atoms with van der Waals surface area (Å²) in [5.74, 6) is 0.209. The molecule has 0 saturated carbocycles. The predicted octanol–water partition coefficient (Wildman–Crippen LogP) is 2.93. The Bertz CT molecular complexity index is 607. The fourth-order valence-electron chi connectivity index (χ4n) is 1.40. The zero-order valence-electron chi connectivity index (χ0n) is 9.64. The molecule has 1 heterocycles. The standard InChI is InChI=1S/C13H10FN3O/c1-16-10-4-12(8-17-7-10)18-11-3-2-9(6-15)13(14)5-11/h2-5,7-8,16H,1H3. The summed E-state index contributed by atoms with van der Waals surface area (Å²) in [4.78, 5) is 3.97. The number of nitriles is 1. The van der Waals surface area contributed by atoms with Gasteiger partial charge in [0.25, 0.3) is 0 Å². The average molecular weight is 243 g/mol. The van der Waals surface area contributed by atoms with Crippen LogP contribution in [0.1, 0.15) is 5.56 Å². The molecule has 0 spiro atoms. The number of aromatic nitrogens is 1. The van der Waals surface area contributed by atoms with Crippen LogP contribution in [-0.4, -0.2) is 12.0 Å². The SMILES string of the molecule is CNc1cncc(Oc2ccc(C#N)c(F)c2)c1. The van der Waals surface area contributed by atoms with E-state index in [1.807, 2.05) is 0 Å². The molecule has 90 valence electrons. The minimum Gasteiger partial charge on any atom is -0.456 e. The Balaban J connectivity index is 2.23. The second kappa shape index (κ2) is 5.15. The van der Waals surface area contributed by atoms with E-state index in [-0.39, 0.29) is 5.56 Å². The van der Waals surface area contributed by atoms with Crippen LogP contribution in [0.3, 0.4) is 0 Å². The maximum absolute atomic E-state index is 13.4. The van der Waals surface area contributed by atoms with Gasteiger partial charge in [-0.15, -0.1) is 0 Å². The van der Waals surface area contributed by atoms with Gasteiger partial charge in [0.2, 0.25) is 0 Å². The molecule has 1 N–H and O–H groups in total. The minimum absolute atomic E-state index is 0.00977. The monoisotopic (exact) mass is 243 g/mol. The summed E-state index contributed by atoms with van der Waals surface area (Å²) in [6, 6.07) is 7.57. The van der Waals surface area contributed by atoms with Crippen molar-refractivity contribution in [3.8, 4) is 17.6 Å². The van der Waals surface area contributed by atoms with Gasteiger partial charge in [-0.1, -0.05) is 0 Å². The fraction of sp³-hybridized carbons (Fsp3) is 0.0769. The van der Waals surface area contributed by atoms with E-state index in [1.54, 1.807) is 25.4 Å². The molecular weight excluding hydrogens is 233 g/mol. The highest BCUT2D eigenvalue weighted by molar-refractivity contribution is 5.46. The molecule has 0 aliphatic rings. The van der Waals surface area contributed by atoms with E-state index in [0.29, 0.717) is 11.5 Å². The summed E-state index contributed by atoms with van der Waals surface area (Å²) < 4.78 is 18.8. The Morgan fingerprint density at radius 2 is 2.11 bits per heavy atom. The first-order chi connectivity index (χ1) is 8.72. The second-order valence-corrected chi connectivity index (χ2v) is 3.51. The number of rotatable bonds is 3. The van der Waals surface area contributed by atoms with Gasteiger partial charge in [-0.25, -0.2) is 4.39 Å². The topological polar surface area (TPSA) is 57.9 Å². The van der Waals surface area contributed by atoms with Crippen LogP contribution in [0.4, 0.5) is 10.1 Å².